The van der Waals surface area contributed by atoms with Gasteiger partial charge in [0.25, 0.3) is 0 Å². The van der Waals surface area contributed by atoms with E-state index in [2.05, 4.69) is 22.2 Å². The van der Waals surface area contributed by atoms with Crippen LogP contribution in [-0.4, -0.2) is 90.2 Å². The Morgan fingerprint density at radius 2 is 1.64 bits per heavy atom. The first-order chi connectivity index (χ1) is 29.2. The average molecular weight is 891 g/mol. The normalized spacial score (nSPS) is 16.1. The van der Waals surface area contributed by atoms with E-state index in [4.69, 9.17) is 14.9 Å². The van der Waals surface area contributed by atoms with Crippen molar-refractivity contribution in [1.82, 2.24) is 19.8 Å². The molecular formula is C43H46N4O11S3. The maximum Gasteiger partial charge on any atom is 0.349 e. The Hall–Kier alpha value is -5.47. The van der Waals surface area contributed by atoms with Crippen molar-refractivity contribution in [1.29, 1.82) is 0 Å². The number of fused-ring (bicyclic) bond motifs is 2. The number of esters is 1. The van der Waals surface area contributed by atoms with Gasteiger partial charge in [0.1, 0.15) is 11.9 Å². The lowest BCUT2D eigenvalue weighted by molar-refractivity contribution is -0.169. The SMILES string of the molecule is CN(CCCn1c(=O)sc2cc(CNCC(O)c3ccc(O)c4[nH]c(=O)ccc34)ccc21)C1CCC(OC(=O)C(O)(c2cccs2)c2cccs2)CC1.O=C(O)/C=C/C(=O)O. The summed E-state index contributed by atoms with van der Waals surface area (Å²) < 4.78 is 8.69. The molecule has 1 aliphatic rings. The van der Waals surface area contributed by atoms with Crippen LogP contribution in [0.25, 0.3) is 21.1 Å². The monoisotopic (exact) mass is 890 g/mol. The zero-order valence-corrected chi connectivity index (χ0v) is 35.5. The van der Waals surface area contributed by atoms with E-state index in [0.717, 1.165) is 54.4 Å². The fraction of sp³-hybridized carbons (Fsp3) is 0.326. The molecule has 1 atom stereocenters. The summed E-state index contributed by atoms with van der Waals surface area (Å²) in [7, 11) is 2.11. The number of hydrogen-bond donors (Lipinski definition) is 7. The number of carbonyl (C=O) groups is 3. The van der Waals surface area contributed by atoms with Crippen LogP contribution in [0, 0.1) is 0 Å². The molecule has 0 radical (unpaired) electrons. The van der Waals surface area contributed by atoms with Crippen LogP contribution in [0.15, 0.2) is 99.2 Å². The Labute approximate surface area is 361 Å². The number of aromatic amines is 1. The van der Waals surface area contributed by atoms with Crippen LogP contribution >= 0.6 is 34.0 Å². The predicted molar refractivity (Wildman–Crippen MR) is 234 cm³/mol. The lowest BCUT2D eigenvalue weighted by Crippen LogP contribution is -2.42. The lowest BCUT2D eigenvalue weighted by atomic mass is 9.91. The van der Waals surface area contributed by atoms with E-state index in [-0.39, 0.29) is 28.8 Å². The second-order valence-electron chi connectivity index (χ2n) is 14.6. The smallest absolute Gasteiger partial charge is 0.349 e. The number of aromatic nitrogens is 2. The molecule has 1 unspecified atom stereocenters. The molecule has 1 fully saturated rings. The number of carboxylic acid groups (broad SMARTS) is 2. The third-order valence-corrected chi connectivity index (χ3v) is 13.4. The molecule has 61 heavy (non-hydrogen) atoms. The molecule has 7 rings (SSSR count). The number of rotatable bonds is 16. The number of aryl methyl sites for hydroxylation is 1. The number of aromatic hydroxyl groups is 1. The molecule has 1 aliphatic carbocycles. The van der Waals surface area contributed by atoms with Gasteiger partial charge in [-0.25, -0.2) is 14.4 Å². The van der Waals surface area contributed by atoms with Crippen LogP contribution in [0.5, 0.6) is 5.75 Å². The minimum Gasteiger partial charge on any atom is -0.506 e. The Morgan fingerprint density at radius 3 is 2.26 bits per heavy atom. The molecule has 0 aliphatic heterocycles. The molecule has 322 valence electrons. The highest BCUT2D eigenvalue weighted by Gasteiger charge is 2.45. The van der Waals surface area contributed by atoms with Crippen molar-refractivity contribution >= 4 is 73.0 Å². The van der Waals surface area contributed by atoms with Gasteiger partial charge in [0, 0.05) is 49.3 Å². The van der Waals surface area contributed by atoms with E-state index in [1.54, 1.807) is 24.3 Å². The number of H-pyrrole nitrogens is 1. The van der Waals surface area contributed by atoms with Crippen molar-refractivity contribution in [3.63, 3.8) is 0 Å². The fourth-order valence-electron chi connectivity index (χ4n) is 7.38. The number of ether oxygens (including phenoxy) is 1. The molecule has 4 aromatic heterocycles. The van der Waals surface area contributed by atoms with E-state index in [9.17, 15) is 39.3 Å². The van der Waals surface area contributed by atoms with Gasteiger partial charge in [-0.1, -0.05) is 35.6 Å². The molecule has 18 heteroatoms. The molecule has 15 nitrogen and oxygen atoms in total. The number of carbonyl (C=O) groups excluding carboxylic acids is 1. The molecule has 2 aromatic carbocycles. The molecule has 0 spiro atoms. The van der Waals surface area contributed by atoms with Gasteiger partial charge >= 0.3 is 22.8 Å². The zero-order valence-electron chi connectivity index (χ0n) is 33.1. The van der Waals surface area contributed by atoms with Crippen molar-refractivity contribution in [2.45, 2.75) is 69.0 Å². The average Bonchev–Trinajstić information content (AvgIpc) is 4.04. The maximum atomic E-state index is 13.4. The third-order valence-electron chi connectivity index (χ3n) is 10.5. The van der Waals surface area contributed by atoms with Crippen LogP contribution in [0.2, 0.25) is 0 Å². The van der Waals surface area contributed by atoms with Crippen LogP contribution in [-0.2, 0) is 37.8 Å². The Bertz CT molecular complexity index is 2540. The van der Waals surface area contributed by atoms with Crippen LogP contribution in [0.1, 0.15) is 59.1 Å². The van der Waals surface area contributed by atoms with Crippen molar-refractivity contribution in [3.05, 3.63) is 131 Å². The molecule has 6 aromatic rings. The lowest BCUT2D eigenvalue weighted by Gasteiger charge is -2.35. The van der Waals surface area contributed by atoms with Crippen LogP contribution in [0.4, 0.5) is 0 Å². The standard InChI is InChI=1S/C39H42N4O7S3.C4H4O4/c1-42(25-8-10-26(11-9-25)50-37(47)39(49,33-5-2-19-51-33)34-6-3-20-52-34)17-4-18-43-29-14-7-24(21-32(29)53-38(43)48)22-40-23-31(45)27-12-15-30(44)36-28(27)13-16-35(46)41-36;5-3(6)1-2-4(7)8/h2-3,5-7,12-16,19-21,25-26,31,40,44-45,49H,4,8-11,17-18,22-23H2,1H3,(H,41,46);1-2H,(H,5,6)(H,7,8)/b;2-1+. The number of aliphatic hydroxyl groups excluding tert-OH is 1. The predicted octanol–water partition coefficient (Wildman–Crippen LogP) is 5.38. The van der Waals surface area contributed by atoms with Gasteiger partial charge in [-0.3, -0.25) is 14.2 Å². The number of nitrogens with one attached hydrogen (secondary N) is 2. The minimum atomic E-state index is -1.79. The molecule has 0 amide bonds. The van der Waals surface area contributed by atoms with Gasteiger partial charge < -0.3 is 45.5 Å². The Morgan fingerprint density at radius 1 is 0.967 bits per heavy atom. The topological polar surface area (TPSA) is 232 Å². The number of thiazole rings is 1. The van der Waals surface area contributed by atoms with Gasteiger partial charge in [0.15, 0.2) is 0 Å². The number of benzene rings is 2. The molecule has 1 saturated carbocycles. The second-order valence-corrected chi connectivity index (χ2v) is 17.5. The summed E-state index contributed by atoms with van der Waals surface area (Å²) in [6.45, 7) is 2.17. The zero-order chi connectivity index (χ0) is 43.7. The summed E-state index contributed by atoms with van der Waals surface area (Å²) in [5.41, 5.74) is 0.663. The molecule has 0 saturated heterocycles. The first-order valence-electron chi connectivity index (χ1n) is 19.5. The largest absolute Gasteiger partial charge is 0.506 e. The number of nitrogens with zero attached hydrogens (tertiary/aromatic N) is 2. The summed E-state index contributed by atoms with van der Waals surface area (Å²) in [6.07, 6.45) is 4.04. The second kappa shape index (κ2) is 20.4. The van der Waals surface area contributed by atoms with Crippen molar-refractivity contribution in [2.24, 2.45) is 0 Å². The first kappa shape index (κ1) is 45.1. The number of aliphatic carboxylic acids is 2. The summed E-state index contributed by atoms with van der Waals surface area (Å²) in [6, 6.07) is 19.6. The number of thiophene rings is 2. The summed E-state index contributed by atoms with van der Waals surface area (Å²) in [4.78, 5) is 63.3. The quantitative estimate of drug-likeness (QED) is 0.0479. The maximum absolute atomic E-state index is 13.4. The highest BCUT2D eigenvalue weighted by Crippen LogP contribution is 2.38. The molecule has 7 N–H and O–H groups in total. The van der Waals surface area contributed by atoms with Crippen molar-refractivity contribution < 1.29 is 44.7 Å². The highest BCUT2D eigenvalue weighted by molar-refractivity contribution is 7.16. The number of hydrogen-bond acceptors (Lipinski definition) is 14. The van der Waals surface area contributed by atoms with Crippen molar-refractivity contribution in [2.75, 3.05) is 20.1 Å². The van der Waals surface area contributed by atoms with Gasteiger partial charge in [-0.05, 0) is 104 Å². The number of aliphatic hydroxyl groups is 2. The van der Waals surface area contributed by atoms with E-state index < -0.39 is 29.6 Å². The van der Waals surface area contributed by atoms with Crippen LogP contribution in [0.3, 0.4) is 0 Å². The third kappa shape index (κ3) is 11.1. The van der Waals surface area contributed by atoms with E-state index in [1.807, 2.05) is 45.7 Å². The number of pyridine rings is 1. The van der Waals surface area contributed by atoms with E-state index >= 15 is 0 Å². The van der Waals surface area contributed by atoms with Gasteiger partial charge in [-0.15, -0.1) is 22.7 Å². The summed E-state index contributed by atoms with van der Waals surface area (Å²) in [5.74, 6) is -3.18. The number of phenols is 1. The minimum absolute atomic E-state index is 0.00724. The molecule has 0 bridgehead atoms. The fourth-order valence-corrected chi connectivity index (χ4v) is 10.1. The summed E-state index contributed by atoms with van der Waals surface area (Å²) in [5, 5.41) is 55.8. The molecule has 4 heterocycles. The van der Waals surface area contributed by atoms with E-state index in [1.165, 1.54) is 46.1 Å². The summed E-state index contributed by atoms with van der Waals surface area (Å²) >= 11 is 3.91. The number of phenolic OH excluding ortho intramolecular Hbond substituents is 1. The number of carboxylic acids is 2. The Kier molecular flexibility index (Phi) is 15.1. The van der Waals surface area contributed by atoms with Gasteiger partial charge in [0.2, 0.25) is 11.2 Å². The van der Waals surface area contributed by atoms with Gasteiger partial charge in [0.05, 0.1) is 31.6 Å². The Balaban J connectivity index is 0.000000708. The van der Waals surface area contributed by atoms with Crippen molar-refractivity contribution in [3.8, 4) is 5.75 Å². The first-order valence-corrected chi connectivity index (χ1v) is 22.0. The molecular weight excluding hydrogens is 845 g/mol. The van der Waals surface area contributed by atoms with Crippen LogP contribution < -0.4 is 15.7 Å². The van der Waals surface area contributed by atoms with Gasteiger partial charge in [-0.2, -0.15) is 0 Å². The van der Waals surface area contributed by atoms with E-state index in [0.29, 0.717) is 57.5 Å². The highest BCUT2D eigenvalue weighted by atomic mass is 32.1.